The number of allylic oxidation sites excluding steroid dienone is 1. The van der Waals surface area contributed by atoms with E-state index in [9.17, 15) is 18.0 Å². The van der Waals surface area contributed by atoms with E-state index in [1.807, 2.05) is 0 Å². The molecule has 7 heteroatoms. The molecule has 1 aromatic rings. The van der Waals surface area contributed by atoms with Crippen LogP contribution in [0.2, 0.25) is 0 Å². The van der Waals surface area contributed by atoms with Crippen molar-refractivity contribution in [1.29, 1.82) is 0 Å². The summed E-state index contributed by atoms with van der Waals surface area (Å²) in [5.41, 5.74) is -0.0879. The maximum atomic E-state index is 11.8. The molecule has 0 atom stereocenters. The number of hydrogen-bond donors (Lipinski definition) is 1. The Morgan fingerprint density at radius 3 is 2.44 bits per heavy atom. The Hall–Kier alpha value is -0.850. The Labute approximate surface area is 111 Å². The zero-order valence-corrected chi connectivity index (χ0v) is 10.3. The molecule has 1 N–H and O–H groups in total. The first kappa shape index (κ1) is 15.2. The molecule has 0 bridgehead atoms. The molecule has 1 radical (unpaired) electrons. The van der Waals surface area contributed by atoms with Gasteiger partial charge in [0.1, 0.15) is 11.5 Å². The molecule has 0 spiro atoms. The summed E-state index contributed by atoms with van der Waals surface area (Å²) < 4.78 is 35.4. The molecule has 0 aromatic carbocycles. The van der Waals surface area contributed by atoms with E-state index in [0.717, 1.165) is 0 Å². The maximum absolute atomic E-state index is 11.8. The number of aromatic nitrogens is 1. The van der Waals surface area contributed by atoms with Crippen LogP contribution in [0.15, 0.2) is 30.5 Å². The van der Waals surface area contributed by atoms with E-state index >= 15 is 0 Å². The van der Waals surface area contributed by atoms with E-state index in [0.29, 0.717) is 0 Å². The van der Waals surface area contributed by atoms with Crippen LogP contribution in [0.1, 0.15) is 5.69 Å². The maximum Gasteiger partial charge on any atom is 0.454 e. The minimum absolute atomic E-state index is 0. The Kier molecular flexibility index (Phi) is 5.71. The number of aliphatic hydroxyl groups is 1. The molecule has 16 heavy (non-hydrogen) atoms. The van der Waals surface area contributed by atoms with Crippen molar-refractivity contribution >= 4 is 41.1 Å². The molecular formula is C9H6F3NNaO2. The summed E-state index contributed by atoms with van der Waals surface area (Å²) in [6.45, 7) is 0. The van der Waals surface area contributed by atoms with Gasteiger partial charge in [0, 0.05) is 41.8 Å². The number of carbonyl (C=O) groups is 1. The van der Waals surface area contributed by atoms with Gasteiger partial charge in [-0.3, -0.25) is 9.78 Å². The number of aliphatic hydroxyl groups excluding tert-OH is 1. The Bertz CT molecular complexity index is 389. The number of pyridine rings is 1. The second-order valence-corrected chi connectivity index (χ2v) is 2.61. The third-order valence-electron chi connectivity index (χ3n) is 1.47. The number of halogens is 3. The van der Waals surface area contributed by atoms with Crippen LogP contribution in [-0.4, -0.2) is 51.6 Å². The third-order valence-corrected chi connectivity index (χ3v) is 1.47. The molecular weight excluding hydrogens is 234 g/mol. The van der Waals surface area contributed by atoms with Crippen molar-refractivity contribution in [1.82, 2.24) is 4.98 Å². The van der Waals surface area contributed by atoms with E-state index in [1.54, 1.807) is 0 Å². The van der Waals surface area contributed by atoms with Crippen LogP contribution in [0.5, 0.6) is 0 Å². The fourth-order valence-electron chi connectivity index (χ4n) is 0.794. The second-order valence-electron chi connectivity index (χ2n) is 2.61. The largest absolute Gasteiger partial charge is 0.506 e. The Balaban J connectivity index is 0.00000225. The van der Waals surface area contributed by atoms with Crippen LogP contribution >= 0.6 is 0 Å². The normalized spacial score (nSPS) is 11.8. The summed E-state index contributed by atoms with van der Waals surface area (Å²) in [7, 11) is 0. The minimum Gasteiger partial charge on any atom is -0.506 e. The van der Waals surface area contributed by atoms with Crippen molar-refractivity contribution in [3.05, 3.63) is 36.2 Å². The first-order chi connectivity index (χ1) is 6.91. The van der Waals surface area contributed by atoms with Crippen molar-refractivity contribution in [2.45, 2.75) is 6.18 Å². The molecule has 81 valence electrons. The average Bonchev–Trinajstić information content (AvgIpc) is 2.17. The molecule has 0 fully saturated rings. The van der Waals surface area contributed by atoms with Crippen molar-refractivity contribution in [2.75, 3.05) is 0 Å². The molecule has 1 aromatic heterocycles. The minimum atomic E-state index is -4.98. The average molecular weight is 240 g/mol. The molecule has 3 nitrogen and oxygen atoms in total. The summed E-state index contributed by atoms with van der Waals surface area (Å²) in [6.07, 6.45) is -3.59. The van der Waals surface area contributed by atoms with Crippen molar-refractivity contribution < 1.29 is 23.1 Å². The van der Waals surface area contributed by atoms with Gasteiger partial charge in [-0.2, -0.15) is 13.2 Å². The van der Waals surface area contributed by atoms with Gasteiger partial charge in [0.2, 0.25) is 0 Å². The number of carbonyl (C=O) groups excluding carboxylic acids is 1. The third kappa shape index (κ3) is 4.34. The topological polar surface area (TPSA) is 50.2 Å². The van der Waals surface area contributed by atoms with Crippen LogP contribution in [-0.2, 0) is 4.79 Å². The summed E-state index contributed by atoms with van der Waals surface area (Å²) >= 11 is 0. The zero-order valence-electron chi connectivity index (χ0n) is 8.32. The van der Waals surface area contributed by atoms with Gasteiger partial charge < -0.3 is 5.11 Å². The number of alkyl halides is 3. The molecule has 0 aliphatic rings. The van der Waals surface area contributed by atoms with Crippen molar-refractivity contribution in [2.24, 2.45) is 0 Å². The van der Waals surface area contributed by atoms with Crippen LogP contribution in [0, 0.1) is 0 Å². The van der Waals surface area contributed by atoms with Crippen LogP contribution in [0.3, 0.4) is 0 Å². The molecule has 1 heterocycles. The van der Waals surface area contributed by atoms with Gasteiger partial charge >= 0.3 is 6.18 Å². The predicted octanol–water partition coefficient (Wildman–Crippen LogP) is 1.73. The molecule has 0 saturated heterocycles. The van der Waals surface area contributed by atoms with Crippen molar-refractivity contribution in [3.8, 4) is 0 Å². The first-order valence-electron chi connectivity index (χ1n) is 3.84. The summed E-state index contributed by atoms with van der Waals surface area (Å²) in [6, 6.07) is 4.29. The number of nitrogens with zero attached hydrogens (tertiary/aromatic N) is 1. The molecule has 0 amide bonds. The molecule has 0 aliphatic carbocycles. The van der Waals surface area contributed by atoms with Gasteiger partial charge in [-0.1, -0.05) is 6.07 Å². The summed E-state index contributed by atoms with van der Waals surface area (Å²) in [4.78, 5) is 14.0. The standard InChI is InChI=1S/C9H6F3NO2.Na/c10-9(11,12)8(15)5-7(14)6-3-1-2-4-13-6;/h1-5,14H;/b7-5-;. The SMILES string of the molecule is O=C(/C=C(\O)c1ccccn1)C(F)(F)F.[Na]. The number of hydrogen-bond acceptors (Lipinski definition) is 3. The smallest absolute Gasteiger partial charge is 0.454 e. The molecule has 0 unspecified atom stereocenters. The second kappa shape index (κ2) is 6.03. The molecule has 1 rings (SSSR count). The molecule has 0 saturated carbocycles. The van der Waals surface area contributed by atoms with Crippen LogP contribution in [0.25, 0.3) is 5.76 Å². The van der Waals surface area contributed by atoms with Gasteiger partial charge in [0.25, 0.3) is 5.78 Å². The fourth-order valence-corrected chi connectivity index (χ4v) is 0.794. The van der Waals surface area contributed by atoms with Gasteiger partial charge in [-0.05, 0) is 12.1 Å². The van der Waals surface area contributed by atoms with E-state index in [4.69, 9.17) is 5.11 Å². The Morgan fingerprint density at radius 1 is 1.38 bits per heavy atom. The summed E-state index contributed by atoms with van der Waals surface area (Å²) in [5, 5.41) is 9.13. The Morgan fingerprint density at radius 2 is 2.00 bits per heavy atom. The number of rotatable bonds is 2. The van der Waals surface area contributed by atoms with Gasteiger partial charge in [-0.15, -0.1) is 0 Å². The van der Waals surface area contributed by atoms with Crippen LogP contribution in [0.4, 0.5) is 13.2 Å². The first-order valence-corrected chi connectivity index (χ1v) is 3.84. The fraction of sp³-hybridized carbons (Fsp3) is 0.111. The monoisotopic (exact) mass is 240 g/mol. The predicted molar refractivity (Wildman–Crippen MR) is 51.7 cm³/mol. The van der Waals surface area contributed by atoms with E-state index in [1.165, 1.54) is 24.4 Å². The van der Waals surface area contributed by atoms with Gasteiger partial charge in [0.15, 0.2) is 0 Å². The number of ketones is 1. The van der Waals surface area contributed by atoms with Gasteiger partial charge in [0.05, 0.1) is 0 Å². The van der Waals surface area contributed by atoms with E-state index < -0.39 is 17.7 Å². The zero-order chi connectivity index (χ0) is 11.5. The quantitative estimate of drug-likeness (QED) is 0.486. The van der Waals surface area contributed by atoms with Gasteiger partial charge in [-0.25, -0.2) is 0 Å². The van der Waals surface area contributed by atoms with Crippen molar-refractivity contribution in [3.63, 3.8) is 0 Å². The van der Waals surface area contributed by atoms with Crippen LogP contribution < -0.4 is 0 Å². The van der Waals surface area contributed by atoms with E-state index in [2.05, 4.69) is 4.98 Å². The summed E-state index contributed by atoms with van der Waals surface area (Å²) in [5.74, 6) is -2.93. The van der Waals surface area contributed by atoms with E-state index in [-0.39, 0.29) is 41.3 Å². The molecule has 0 aliphatic heterocycles.